The highest BCUT2D eigenvalue weighted by Crippen LogP contribution is 2.38. The van der Waals surface area contributed by atoms with E-state index >= 15 is 0 Å². The molecule has 0 aliphatic carbocycles. The topological polar surface area (TPSA) is 89.7 Å². The Labute approximate surface area is 193 Å². The molecule has 1 atom stereocenters. The van der Waals surface area contributed by atoms with Gasteiger partial charge >= 0.3 is 6.03 Å². The summed E-state index contributed by atoms with van der Waals surface area (Å²) in [6, 6.07) is 11.1. The first-order valence-corrected chi connectivity index (χ1v) is 10.8. The molecular weight excluding hydrogens is 420 g/mol. The SMILES string of the molecule is CCN1C(=O)NC(c2ccc(C)c(C)c2)C(c2nc(-c3ccc(OC)c(OC)c3)no2)=C1C. The van der Waals surface area contributed by atoms with Gasteiger partial charge in [-0.05, 0) is 62.6 Å². The van der Waals surface area contributed by atoms with E-state index in [1.807, 2.05) is 26.0 Å². The van der Waals surface area contributed by atoms with Crippen LogP contribution in [-0.4, -0.2) is 41.8 Å². The Balaban J connectivity index is 1.80. The standard InChI is InChI=1S/C25H28N4O4/c1-7-29-16(4)21(22(26-25(29)30)17-9-8-14(2)15(3)12-17)24-27-23(28-33-24)18-10-11-19(31-5)20(13-18)32-6/h8-13,22H,7H2,1-6H3,(H,26,30). The van der Waals surface area contributed by atoms with Crippen LogP contribution in [0.5, 0.6) is 11.5 Å². The number of ether oxygens (including phenoxy) is 2. The average Bonchev–Trinajstić information content (AvgIpc) is 3.30. The highest BCUT2D eigenvalue weighted by molar-refractivity contribution is 5.87. The van der Waals surface area contributed by atoms with E-state index in [-0.39, 0.29) is 6.03 Å². The molecule has 0 radical (unpaired) electrons. The van der Waals surface area contributed by atoms with E-state index in [0.29, 0.717) is 29.8 Å². The van der Waals surface area contributed by atoms with Crippen LogP contribution in [0.1, 0.15) is 42.5 Å². The van der Waals surface area contributed by atoms with Crippen molar-refractivity contribution >= 4 is 11.6 Å². The Hall–Kier alpha value is -3.81. The maximum Gasteiger partial charge on any atom is 0.322 e. The molecule has 8 heteroatoms. The van der Waals surface area contributed by atoms with E-state index in [0.717, 1.165) is 28.0 Å². The molecule has 2 amide bonds. The summed E-state index contributed by atoms with van der Waals surface area (Å²) in [5.41, 5.74) is 5.59. The minimum Gasteiger partial charge on any atom is -0.493 e. The Kier molecular flexibility index (Phi) is 6.09. The zero-order valence-electron chi connectivity index (χ0n) is 19.7. The predicted octanol–water partition coefficient (Wildman–Crippen LogP) is 4.89. The van der Waals surface area contributed by atoms with Gasteiger partial charge in [-0.15, -0.1) is 0 Å². The normalized spacial score (nSPS) is 16.1. The van der Waals surface area contributed by atoms with Gasteiger partial charge < -0.3 is 19.3 Å². The number of urea groups is 1. The van der Waals surface area contributed by atoms with Crippen LogP contribution in [0.4, 0.5) is 4.79 Å². The van der Waals surface area contributed by atoms with Gasteiger partial charge in [0.1, 0.15) is 0 Å². The number of benzene rings is 2. The Morgan fingerprint density at radius 1 is 1.03 bits per heavy atom. The molecule has 8 nitrogen and oxygen atoms in total. The van der Waals surface area contributed by atoms with Gasteiger partial charge in [-0.1, -0.05) is 23.4 Å². The first-order valence-electron chi connectivity index (χ1n) is 10.8. The molecule has 1 aliphatic rings. The summed E-state index contributed by atoms with van der Waals surface area (Å²) in [6.07, 6.45) is 0. The van der Waals surface area contributed by atoms with Crippen molar-refractivity contribution in [2.75, 3.05) is 20.8 Å². The fourth-order valence-electron chi connectivity index (χ4n) is 4.06. The van der Waals surface area contributed by atoms with Gasteiger partial charge in [0.05, 0.1) is 25.8 Å². The second-order valence-corrected chi connectivity index (χ2v) is 7.96. The molecule has 4 rings (SSSR count). The zero-order chi connectivity index (χ0) is 23.7. The minimum absolute atomic E-state index is 0.151. The molecule has 0 spiro atoms. The molecule has 0 saturated carbocycles. The van der Waals surface area contributed by atoms with Gasteiger partial charge in [0.25, 0.3) is 5.89 Å². The molecule has 0 fully saturated rings. The lowest BCUT2D eigenvalue weighted by molar-refractivity contribution is 0.207. The van der Waals surface area contributed by atoms with Crippen LogP contribution in [0.2, 0.25) is 0 Å². The molecule has 2 aromatic carbocycles. The van der Waals surface area contributed by atoms with Gasteiger partial charge in [-0.25, -0.2) is 4.79 Å². The quantitative estimate of drug-likeness (QED) is 0.578. The van der Waals surface area contributed by atoms with Crippen molar-refractivity contribution in [1.29, 1.82) is 0 Å². The molecule has 0 bridgehead atoms. The second-order valence-electron chi connectivity index (χ2n) is 7.96. The maximum atomic E-state index is 12.8. The number of hydrogen-bond donors (Lipinski definition) is 1. The van der Waals surface area contributed by atoms with Crippen LogP contribution in [0, 0.1) is 13.8 Å². The van der Waals surface area contributed by atoms with Crippen LogP contribution in [0.25, 0.3) is 17.0 Å². The van der Waals surface area contributed by atoms with Crippen molar-refractivity contribution in [1.82, 2.24) is 20.4 Å². The monoisotopic (exact) mass is 448 g/mol. The lowest BCUT2D eigenvalue weighted by Crippen LogP contribution is -2.45. The van der Waals surface area contributed by atoms with Gasteiger partial charge in [0.2, 0.25) is 5.82 Å². The molecule has 2 heterocycles. The molecule has 0 saturated heterocycles. The summed E-state index contributed by atoms with van der Waals surface area (Å²) >= 11 is 0. The van der Waals surface area contributed by atoms with Crippen LogP contribution >= 0.6 is 0 Å². The largest absolute Gasteiger partial charge is 0.493 e. The van der Waals surface area contributed by atoms with E-state index in [9.17, 15) is 4.79 Å². The van der Waals surface area contributed by atoms with E-state index in [1.54, 1.807) is 31.3 Å². The summed E-state index contributed by atoms with van der Waals surface area (Å²) < 4.78 is 16.4. The molecule has 1 unspecified atom stereocenters. The summed E-state index contributed by atoms with van der Waals surface area (Å²) in [5.74, 6) is 1.97. The number of amides is 2. The number of allylic oxidation sites excluding steroid dienone is 1. The number of rotatable bonds is 6. The second kappa shape index (κ2) is 8.97. The van der Waals surface area contributed by atoms with Crippen molar-refractivity contribution in [3.05, 3.63) is 64.7 Å². The van der Waals surface area contributed by atoms with Crippen LogP contribution in [-0.2, 0) is 0 Å². The first-order chi connectivity index (χ1) is 15.9. The van der Waals surface area contributed by atoms with Crippen LogP contribution in [0.3, 0.4) is 0 Å². The van der Waals surface area contributed by atoms with Crippen molar-refractivity contribution in [2.45, 2.75) is 33.7 Å². The molecule has 3 aromatic rings. The smallest absolute Gasteiger partial charge is 0.322 e. The summed E-state index contributed by atoms with van der Waals surface area (Å²) in [7, 11) is 3.17. The molecule has 33 heavy (non-hydrogen) atoms. The zero-order valence-corrected chi connectivity index (χ0v) is 19.7. The number of methoxy groups -OCH3 is 2. The van der Waals surface area contributed by atoms with Gasteiger partial charge in [-0.3, -0.25) is 4.90 Å². The summed E-state index contributed by atoms with van der Waals surface area (Å²) in [4.78, 5) is 19.2. The summed E-state index contributed by atoms with van der Waals surface area (Å²) in [6.45, 7) is 8.48. The Bertz CT molecular complexity index is 1230. The average molecular weight is 449 g/mol. The number of nitrogens with one attached hydrogen (secondary N) is 1. The van der Waals surface area contributed by atoms with Crippen LogP contribution in [0.15, 0.2) is 46.6 Å². The summed E-state index contributed by atoms with van der Waals surface area (Å²) in [5, 5.41) is 7.32. The van der Waals surface area contributed by atoms with E-state index in [1.165, 1.54) is 5.56 Å². The highest BCUT2D eigenvalue weighted by Gasteiger charge is 2.35. The van der Waals surface area contributed by atoms with Gasteiger partial charge in [-0.2, -0.15) is 4.98 Å². The van der Waals surface area contributed by atoms with Crippen LogP contribution < -0.4 is 14.8 Å². The molecule has 1 aliphatic heterocycles. The molecule has 1 N–H and O–H groups in total. The minimum atomic E-state index is -0.404. The number of aryl methyl sites for hydroxylation is 2. The van der Waals surface area contributed by atoms with Crippen molar-refractivity contribution in [2.24, 2.45) is 0 Å². The molecule has 172 valence electrons. The fraction of sp³-hybridized carbons (Fsp3) is 0.320. The van der Waals surface area contributed by atoms with Crippen molar-refractivity contribution < 1.29 is 18.8 Å². The Morgan fingerprint density at radius 3 is 2.45 bits per heavy atom. The Morgan fingerprint density at radius 2 is 1.79 bits per heavy atom. The number of carbonyl (C=O) groups excluding carboxylic acids is 1. The lowest BCUT2D eigenvalue weighted by Gasteiger charge is -2.34. The number of aromatic nitrogens is 2. The maximum absolute atomic E-state index is 12.8. The van der Waals surface area contributed by atoms with Gasteiger partial charge in [0, 0.05) is 17.8 Å². The number of carbonyl (C=O) groups is 1. The third-order valence-electron chi connectivity index (χ3n) is 6.08. The first kappa shape index (κ1) is 22.4. The molecule has 1 aromatic heterocycles. The third kappa shape index (κ3) is 4.04. The van der Waals surface area contributed by atoms with E-state index in [2.05, 4.69) is 41.4 Å². The third-order valence-corrected chi connectivity index (χ3v) is 6.08. The molecular formula is C25H28N4O4. The number of nitrogens with zero attached hydrogens (tertiary/aromatic N) is 3. The van der Waals surface area contributed by atoms with Crippen molar-refractivity contribution in [3.63, 3.8) is 0 Å². The lowest BCUT2D eigenvalue weighted by atomic mass is 9.92. The highest BCUT2D eigenvalue weighted by atomic mass is 16.5. The fourth-order valence-corrected chi connectivity index (χ4v) is 4.06. The van der Waals surface area contributed by atoms with Crippen molar-refractivity contribution in [3.8, 4) is 22.9 Å². The predicted molar refractivity (Wildman–Crippen MR) is 125 cm³/mol. The number of hydrogen-bond acceptors (Lipinski definition) is 6. The van der Waals surface area contributed by atoms with Gasteiger partial charge in [0.15, 0.2) is 11.5 Å². The van der Waals surface area contributed by atoms with E-state index < -0.39 is 6.04 Å². The van der Waals surface area contributed by atoms with E-state index in [4.69, 9.17) is 14.0 Å².